The largest absolute Gasteiger partial charge is 0.809 e. The van der Waals surface area contributed by atoms with Gasteiger partial charge in [0.1, 0.15) is 0 Å². The average Bonchev–Trinajstić information content (AvgIpc) is 1.60. The number of carbonyl (C=O) groups is 1. The van der Waals surface area contributed by atoms with E-state index in [9.17, 15) is 19.1 Å². The molecule has 0 aliphatic heterocycles. The second-order valence-electron chi connectivity index (χ2n) is 1.92. The van der Waals surface area contributed by atoms with Crippen LogP contribution in [0.3, 0.4) is 0 Å². The van der Waals surface area contributed by atoms with E-state index in [0.717, 1.165) is 13.8 Å². The number of nitrogens with one attached hydrogen (secondary N) is 1. The van der Waals surface area contributed by atoms with E-state index < -0.39 is 19.3 Å². The zero-order valence-electron chi connectivity index (χ0n) is 5.66. The molecule has 0 aliphatic rings. The number of amides is 1. The van der Waals surface area contributed by atoms with Gasteiger partial charge >= 0.3 is 0 Å². The first-order valence-corrected chi connectivity index (χ1v) is 4.24. The SMILES string of the molecule is CC(=O)N[C@@H](C)P(=O)([O-])[O-]. The van der Waals surface area contributed by atoms with Crippen LogP contribution in [0, 0.1) is 0 Å². The Labute approximate surface area is 58.6 Å². The van der Waals surface area contributed by atoms with E-state index in [1.54, 1.807) is 0 Å². The first-order chi connectivity index (χ1) is 4.34. The van der Waals surface area contributed by atoms with Crippen LogP contribution >= 0.6 is 7.60 Å². The zero-order valence-corrected chi connectivity index (χ0v) is 6.55. The first-order valence-electron chi connectivity index (χ1n) is 2.63. The normalized spacial score (nSPS) is 14.4. The lowest BCUT2D eigenvalue weighted by molar-refractivity contribution is -0.316. The summed E-state index contributed by atoms with van der Waals surface area (Å²) < 4.78 is 10.1. The Morgan fingerprint density at radius 2 is 2.00 bits per heavy atom. The van der Waals surface area contributed by atoms with Crippen molar-refractivity contribution in [2.75, 3.05) is 0 Å². The summed E-state index contributed by atoms with van der Waals surface area (Å²) in [5, 5.41) is 1.96. The lowest BCUT2D eigenvalue weighted by Crippen LogP contribution is -2.37. The van der Waals surface area contributed by atoms with E-state index >= 15 is 0 Å². The van der Waals surface area contributed by atoms with Crippen molar-refractivity contribution in [3.8, 4) is 0 Å². The van der Waals surface area contributed by atoms with Crippen molar-refractivity contribution in [3.05, 3.63) is 0 Å². The van der Waals surface area contributed by atoms with Crippen molar-refractivity contribution < 1.29 is 19.1 Å². The average molecular weight is 165 g/mol. The molecule has 0 aromatic heterocycles. The number of hydrogen-bond acceptors (Lipinski definition) is 4. The summed E-state index contributed by atoms with van der Waals surface area (Å²) in [7, 11) is -4.64. The molecular weight excluding hydrogens is 157 g/mol. The molecule has 0 rings (SSSR count). The highest BCUT2D eigenvalue weighted by molar-refractivity contribution is 7.49. The molecule has 0 saturated carbocycles. The summed E-state index contributed by atoms with van der Waals surface area (Å²) in [5.41, 5.74) is 0. The fourth-order valence-corrected chi connectivity index (χ4v) is 0.713. The van der Waals surface area contributed by atoms with Gasteiger partial charge in [-0.15, -0.1) is 0 Å². The van der Waals surface area contributed by atoms with Gasteiger partial charge in [-0.3, -0.25) is 4.79 Å². The minimum atomic E-state index is -4.64. The number of rotatable bonds is 2. The third-order valence-corrected chi connectivity index (χ3v) is 1.96. The molecule has 1 amide bonds. The molecule has 6 heteroatoms. The highest BCUT2D eigenvalue weighted by Crippen LogP contribution is 2.28. The Morgan fingerprint density at radius 3 is 2.10 bits per heavy atom. The smallest absolute Gasteiger partial charge is 0.217 e. The van der Waals surface area contributed by atoms with Crippen molar-refractivity contribution in [3.63, 3.8) is 0 Å². The lowest BCUT2D eigenvalue weighted by Gasteiger charge is -2.35. The minimum absolute atomic E-state index is 0.528. The zero-order chi connectivity index (χ0) is 8.36. The Hall–Kier alpha value is -0.380. The molecule has 0 aliphatic carbocycles. The fraction of sp³-hybridized carbons (Fsp3) is 0.750. The Bertz CT molecular complexity index is 174. The Morgan fingerprint density at radius 1 is 1.60 bits per heavy atom. The van der Waals surface area contributed by atoms with Crippen LogP contribution < -0.4 is 15.1 Å². The van der Waals surface area contributed by atoms with Gasteiger partial charge in [-0.05, 0) is 14.5 Å². The number of carbonyl (C=O) groups excluding carboxylic acids is 1. The maximum atomic E-state index is 10.2. The van der Waals surface area contributed by atoms with Gasteiger partial charge in [0.25, 0.3) is 0 Å². The van der Waals surface area contributed by atoms with Gasteiger partial charge in [-0.1, -0.05) is 0 Å². The molecule has 10 heavy (non-hydrogen) atoms. The molecule has 1 atom stereocenters. The van der Waals surface area contributed by atoms with Crippen LogP contribution in [0.4, 0.5) is 0 Å². The van der Waals surface area contributed by atoms with Crippen LogP contribution in [0.2, 0.25) is 0 Å². The van der Waals surface area contributed by atoms with Crippen LogP contribution in [0.15, 0.2) is 0 Å². The topological polar surface area (TPSA) is 92.3 Å². The molecule has 60 valence electrons. The second kappa shape index (κ2) is 3.14. The third kappa shape index (κ3) is 3.61. The summed E-state index contributed by atoms with van der Waals surface area (Å²) in [6.07, 6.45) is 0. The molecule has 0 unspecified atom stereocenters. The fourth-order valence-electron chi connectivity index (χ4n) is 0.373. The first kappa shape index (κ1) is 9.62. The van der Waals surface area contributed by atoms with Crippen LogP contribution in [0.5, 0.6) is 0 Å². The van der Waals surface area contributed by atoms with Gasteiger partial charge in [0.15, 0.2) is 0 Å². The van der Waals surface area contributed by atoms with Gasteiger partial charge in [0.2, 0.25) is 5.91 Å². The molecule has 0 radical (unpaired) electrons. The van der Waals surface area contributed by atoms with Crippen LogP contribution in [0.1, 0.15) is 13.8 Å². The molecule has 0 aromatic carbocycles. The standard InChI is InChI=1S/C4H10NO4P/c1-3(6)5-4(2)10(7,8)9/h4H,1-2H3,(H,5,6)(H2,7,8,9)/p-2/t4-/m1/s1. The van der Waals surface area contributed by atoms with E-state index in [0.29, 0.717) is 0 Å². The Kier molecular flexibility index (Phi) is 3.02. The van der Waals surface area contributed by atoms with E-state index in [1.165, 1.54) is 0 Å². The highest BCUT2D eigenvalue weighted by Gasteiger charge is 2.05. The van der Waals surface area contributed by atoms with Crippen molar-refractivity contribution in [2.24, 2.45) is 0 Å². The maximum absolute atomic E-state index is 10.2. The summed E-state index contributed by atoms with van der Waals surface area (Å²) >= 11 is 0. The van der Waals surface area contributed by atoms with Gasteiger partial charge in [-0.2, -0.15) is 0 Å². The van der Waals surface area contributed by atoms with Crippen molar-refractivity contribution >= 4 is 13.5 Å². The van der Waals surface area contributed by atoms with E-state index in [1.807, 2.05) is 5.32 Å². The van der Waals surface area contributed by atoms with E-state index in [4.69, 9.17) is 0 Å². The summed E-state index contributed by atoms with van der Waals surface area (Å²) in [6.45, 7) is 2.27. The maximum Gasteiger partial charge on any atom is 0.217 e. The van der Waals surface area contributed by atoms with Crippen LogP contribution in [-0.4, -0.2) is 11.7 Å². The van der Waals surface area contributed by atoms with Crippen molar-refractivity contribution in [2.45, 2.75) is 19.6 Å². The van der Waals surface area contributed by atoms with Gasteiger partial charge in [0.05, 0.1) is 5.78 Å². The summed E-state index contributed by atoms with van der Waals surface area (Å²) in [6, 6.07) is 0. The van der Waals surface area contributed by atoms with E-state index in [2.05, 4.69) is 0 Å². The van der Waals surface area contributed by atoms with Crippen molar-refractivity contribution in [1.82, 2.24) is 5.32 Å². The molecule has 0 saturated heterocycles. The highest BCUT2D eigenvalue weighted by atomic mass is 31.2. The molecule has 0 heterocycles. The molecule has 0 aromatic rings. The van der Waals surface area contributed by atoms with E-state index in [-0.39, 0.29) is 0 Å². The second-order valence-corrected chi connectivity index (χ2v) is 3.77. The van der Waals surface area contributed by atoms with Gasteiger partial charge in [0, 0.05) is 6.92 Å². The molecule has 0 spiro atoms. The van der Waals surface area contributed by atoms with Gasteiger partial charge < -0.3 is 19.7 Å². The molecule has 0 bridgehead atoms. The summed E-state index contributed by atoms with van der Waals surface area (Å²) in [5.74, 6) is -1.84. The lowest BCUT2D eigenvalue weighted by atomic mass is 10.6. The molecule has 0 fully saturated rings. The minimum Gasteiger partial charge on any atom is -0.809 e. The molecule has 1 N–H and O–H groups in total. The quantitative estimate of drug-likeness (QED) is 0.498. The van der Waals surface area contributed by atoms with Gasteiger partial charge in [-0.25, -0.2) is 0 Å². The molecule has 5 nitrogen and oxygen atoms in total. The van der Waals surface area contributed by atoms with Crippen LogP contribution in [0.25, 0.3) is 0 Å². The Balaban J connectivity index is 3.98. The third-order valence-electron chi connectivity index (χ3n) is 0.886. The number of hydrogen-bond donors (Lipinski definition) is 1. The summed E-state index contributed by atoms with van der Waals surface area (Å²) in [4.78, 5) is 30.4. The predicted octanol–water partition coefficient (Wildman–Crippen LogP) is -1.62. The van der Waals surface area contributed by atoms with Crippen molar-refractivity contribution in [1.29, 1.82) is 0 Å². The molecular formula is C4H8NO4P-2. The predicted molar refractivity (Wildman–Crippen MR) is 30.9 cm³/mol. The van der Waals surface area contributed by atoms with Crippen LogP contribution in [-0.2, 0) is 9.36 Å². The monoisotopic (exact) mass is 165 g/mol.